The number of guanidine groups is 1. The van der Waals surface area contributed by atoms with Crippen molar-refractivity contribution < 1.29 is 9.21 Å². The van der Waals surface area contributed by atoms with Crippen LogP contribution in [0.5, 0.6) is 0 Å². The fourth-order valence-corrected chi connectivity index (χ4v) is 2.12. The first-order valence-electron chi connectivity index (χ1n) is 8.34. The summed E-state index contributed by atoms with van der Waals surface area (Å²) in [6.07, 6.45) is 0. The summed E-state index contributed by atoms with van der Waals surface area (Å²) in [7, 11) is 0. The number of nitrogens with one attached hydrogen (secondary N) is 3. The van der Waals surface area contributed by atoms with Gasteiger partial charge in [0.15, 0.2) is 5.96 Å². The number of benzene rings is 1. The fourth-order valence-electron chi connectivity index (χ4n) is 2.12. The number of hydrogen-bond donors (Lipinski definition) is 3. The topological polar surface area (TPSA) is 91.5 Å². The highest BCUT2D eigenvalue weighted by molar-refractivity contribution is 14.0. The van der Waals surface area contributed by atoms with Crippen molar-refractivity contribution in [2.24, 2.45) is 4.99 Å². The molecule has 1 aromatic heterocycles. The van der Waals surface area contributed by atoms with Crippen molar-refractivity contribution in [3.05, 3.63) is 53.2 Å². The number of oxazole rings is 1. The maximum absolute atomic E-state index is 11.9. The first-order chi connectivity index (χ1) is 12.1. The standard InChI is InChI=1S/C18H25N5O2.HI/c1-4-19-18(22-12-17-23-13(2)14(3)25-17)21-11-16(24)20-10-15-8-6-5-7-9-15;/h5-9H,4,10-12H2,1-3H3,(H,20,24)(H2,19,21,22);1H. The summed E-state index contributed by atoms with van der Waals surface area (Å²) in [6.45, 7) is 7.39. The van der Waals surface area contributed by atoms with Crippen LogP contribution in [0.15, 0.2) is 39.7 Å². The minimum absolute atomic E-state index is 0. The van der Waals surface area contributed by atoms with E-state index in [-0.39, 0.29) is 36.4 Å². The van der Waals surface area contributed by atoms with E-state index in [0.717, 1.165) is 17.0 Å². The average Bonchev–Trinajstić information content (AvgIpc) is 2.94. The zero-order valence-electron chi connectivity index (χ0n) is 15.3. The predicted octanol–water partition coefficient (Wildman–Crippen LogP) is 2.28. The van der Waals surface area contributed by atoms with Gasteiger partial charge in [-0.1, -0.05) is 30.3 Å². The molecule has 0 bridgehead atoms. The molecule has 0 spiro atoms. The molecule has 0 atom stereocenters. The number of rotatable bonds is 7. The Hall–Kier alpha value is -2.10. The Morgan fingerprint density at radius 2 is 1.85 bits per heavy atom. The number of nitrogens with zero attached hydrogens (tertiary/aromatic N) is 2. The molecule has 0 saturated carbocycles. The molecule has 8 heteroatoms. The zero-order valence-corrected chi connectivity index (χ0v) is 17.7. The Morgan fingerprint density at radius 3 is 2.46 bits per heavy atom. The van der Waals surface area contributed by atoms with Gasteiger partial charge in [0.05, 0.1) is 12.2 Å². The van der Waals surface area contributed by atoms with Gasteiger partial charge in [-0.2, -0.15) is 0 Å². The molecule has 0 aliphatic carbocycles. The molecule has 26 heavy (non-hydrogen) atoms. The van der Waals surface area contributed by atoms with E-state index in [0.29, 0.717) is 31.5 Å². The lowest BCUT2D eigenvalue weighted by molar-refractivity contribution is -0.119. The van der Waals surface area contributed by atoms with Gasteiger partial charge in [-0.25, -0.2) is 9.98 Å². The number of aryl methyl sites for hydroxylation is 2. The van der Waals surface area contributed by atoms with Crippen LogP contribution in [0.2, 0.25) is 0 Å². The normalized spacial score (nSPS) is 10.8. The number of hydrogen-bond acceptors (Lipinski definition) is 4. The molecule has 1 aromatic carbocycles. The average molecular weight is 471 g/mol. The molecule has 0 aliphatic rings. The van der Waals surface area contributed by atoms with Crippen LogP contribution in [-0.4, -0.2) is 29.9 Å². The molecule has 0 fully saturated rings. The first kappa shape index (κ1) is 21.9. The van der Waals surface area contributed by atoms with Crippen LogP contribution < -0.4 is 16.0 Å². The minimum Gasteiger partial charge on any atom is -0.444 e. The van der Waals surface area contributed by atoms with Crippen molar-refractivity contribution in [3.63, 3.8) is 0 Å². The Balaban J connectivity index is 0.00000338. The lowest BCUT2D eigenvalue weighted by Crippen LogP contribution is -2.38. The van der Waals surface area contributed by atoms with Gasteiger partial charge in [0.25, 0.3) is 0 Å². The zero-order chi connectivity index (χ0) is 18.1. The van der Waals surface area contributed by atoms with Crippen LogP contribution in [0.25, 0.3) is 0 Å². The summed E-state index contributed by atoms with van der Waals surface area (Å²) >= 11 is 0. The van der Waals surface area contributed by atoms with Crippen molar-refractivity contribution in [1.82, 2.24) is 20.9 Å². The second-order valence-corrected chi connectivity index (χ2v) is 5.56. The Morgan fingerprint density at radius 1 is 1.12 bits per heavy atom. The molecule has 1 amide bonds. The quantitative estimate of drug-likeness (QED) is 0.328. The molecule has 0 radical (unpaired) electrons. The molecule has 0 saturated heterocycles. The summed E-state index contributed by atoms with van der Waals surface area (Å²) in [5.74, 6) is 1.81. The molecular formula is C18H26IN5O2. The van der Waals surface area contributed by atoms with Crippen molar-refractivity contribution >= 4 is 35.8 Å². The number of aliphatic imine (C=N–C) groups is 1. The van der Waals surface area contributed by atoms with Crippen molar-refractivity contribution in [3.8, 4) is 0 Å². The van der Waals surface area contributed by atoms with Crippen molar-refractivity contribution in [2.45, 2.75) is 33.9 Å². The maximum atomic E-state index is 11.9. The smallest absolute Gasteiger partial charge is 0.242 e. The summed E-state index contributed by atoms with van der Waals surface area (Å²) in [4.78, 5) is 20.5. The first-order valence-corrected chi connectivity index (χ1v) is 8.34. The third kappa shape index (κ3) is 7.42. The Bertz CT molecular complexity index is 696. The van der Waals surface area contributed by atoms with Gasteiger partial charge in [0.2, 0.25) is 11.8 Å². The van der Waals surface area contributed by atoms with Gasteiger partial charge in [-0.3, -0.25) is 4.79 Å². The second kappa shape index (κ2) is 11.5. The number of carbonyl (C=O) groups excluding carboxylic acids is 1. The van der Waals surface area contributed by atoms with Crippen LogP contribution in [0.3, 0.4) is 0 Å². The molecule has 1 heterocycles. The van der Waals surface area contributed by atoms with E-state index in [9.17, 15) is 4.79 Å². The number of carbonyl (C=O) groups is 1. The summed E-state index contributed by atoms with van der Waals surface area (Å²) < 4.78 is 5.52. The molecule has 142 valence electrons. The fraction of sp³-hybridized carbons (Fsp3) is 0.389. The molecule has 3 N–H and O–H groups in total. The number of aromatic nitrogens is 1. The van der Waals surface area contributed by atoms with Gasteiger partial charge in [-0.15, -0.1) is 24.0 Å². The summed E-state index contributed by atoms with van der Waals surface area (Å²) in [6, 6.07) is 9.77. The Kier molecular flexibility index (Phi) is 9.71. The van der Waals surface area contributed by atoms with Crippen LogP contribution in [0, 0.1) is 13.8 Å². The highest BCUT2D eigenvalue weighted by Crippen LogP contribution is 2.07. The van der Waals surface area contributed by atoms with Gasteiger partial charge in [0, 0.05) is 13.1 Å². The van der Waals surface area contributed by atoms with E-state index in [1.54, 1.807) is 0 Å². The van der Waals surface area contributed by atoms with Gasteiger partial charge in [0.1, 0.15) is 12.3 Å². The number of halogens is 1. The van der Waals surface area contributed by atoms with Crippen LogP contribution in [0.4, 0.5) is 0 Å². The summed E-state index contributed by atoms with van der Waals surface area (Å²) in [5.41, 5.74) is 1.93. The highest BCUT2D eigenvalue weighted by Gasteiger charge is 2.07. The molecule has 2 rings (SSSR count). The third-order valence-electron chi connectivity index (χ3n) is 3.54. The van der Waals surface area contributed by atoms with Crippen LogP contribution in [0.1, 0.15) is 29.8 Å². The molecule has 2 aromatic rings. The van der Waals surface area contributed by atoms with Crippen molar-refractivity contribution in [2.75, 3.05) is 13.1 Å². The van der Waals surface area contributed by atoms with E-state index in [2.05, 4.69) is 25.9 Å². The minimum atomic E-state index is -0.135. The number of amides is 1. The van der Waals surface area contributed by atoms with E-state index < -0.39 is 0 Å². The molecule has 0 aliphatic heterocycles. The summed E-state index contributed by atoms with van der Waals surface area (Å²) in [5, 5.41) is 9.05. The van der Waals surface area contributed by atoms with Gasteiger partial charge < -0.3 is 20.4 Å². The van der Waals surface area contributed by atoms with E-state index in [1.165, 1.54) is 0 Å². The Labute approximate surface area is 171 Å². The van der Waals surface area contributed by atoms with Crippen LogP contribution >= 0.6 is 24.0 Å². The highest BCUT2D eigenvalue weighted by atomic mass is 127. The molecule has 0 unspecified atom stereocenters. The van der Waals surface area contributed by atoms with E-state index >= 15 is 0 Å². The van der Waals surface area contributed by atoms with Gasteiger partial charge >= 0.3 is 0 Å². The second-order valence-electron chi connectivity index (χ2n) is 5.56. The predicted molar refractivity (Wildman–Crippen MR) is 112 cm³/mol. The lowest BCUT2D eigenvalue weighted by atomic mass is 10.2. The van der Waals surface area contributed by atoms with E-state index in [1.807, 2.05) is 51.1 Å². The molecular weight excluding hydrogens is 445 g/mol. The monoisotopic (exact) mass is 471 g/mol. The maximum Gasteiger partial charge on any atom is 0.242 e. The largest absolute Gasteiger partial charge is 0.444 e. The molecule has 7 nitrogen and oxygen atoms in total. The SMILES string of the molecule is CCNC(=NCC(=O)NCc1ccccc1)NCc1nc(C)c(C)o1.I. The lowest BCUT2D eigenvalue weighted by Gasteiger charge is -2.10. The van der Waals surface area contributed by atoms with Crippen LogP contribution in [-0.2, 0) is 17.9 Å². The van der Waals surface area contributed by atoms with Crippen molar-refractivity contribution in [1.29, 1.82) is 0 Å². The third-order valence-corrected chi connectivity index (χ3v) is 3.54. The van der Waals surface area contributed by atoms with Gasteiger partial charge in [-0.05, 0) is 26.3 Å². The van der Waals surface area contributed by atoms with E-state index in [4.69, 9.17) is 4.42 Å².